The van der Waals surface area contributed by atoms with Gasteiger partial charge in [0.05, 0.1) is 48.7 Å². The summed E-state index contributed by atoms with van der Waals surface area (Å²) in [6.45, 7) is 8.56. The molecule has 0 heterocycles. The zero-order valence-electron chi connectivity index (χ0n) is 40.6. The van der Waals surface area contributed by atoms with Gasteiger partial charge in [0.1, 0.15) is 23.0 Å². The number of carboxylic acid groups (broad SMARTS) is 1. The number of hydrogen-bond donors (Lipinski definition) is 1. The second kappa shape index (κ2) is 29.8. The van der Waals surface area contributed by atoms with E-state index in [0.717, 1.165) is 95.3 Å². The first kappa shape index (κ1) is 55.7. The van der Waals surface area contributed by atoms with Gasteiger partial charge in [-0.2, -0.15) is 0 Å². The lowest BCUT2D eigenvalue weighted by molar-refractivity contribution is -0.162. The Morgan fingerprint density at radius 2 is 0.808 bits per heavy atom. The lowest BCUT2D eigenvalue weighted by Gasteiger charge is -2.33. The highest BCUT2D eigenvalue weighted by Crippen LogP contribution is 2.30. The first-order valence-electron chi connectivity index (χ1n) is 24.1. The van der Waals surface area contributed by atoms with Gasteiger partial charge in [-0.05, 0) is 135 Å². The van der Waals surface area contributed by atoms with Gasteiger partial charge in [0.25, 0.3) is 5.60 Å². The Morgan fingerprint density at radius 3 is 1.21 bits per heavy atom. The van der Waals surface area contributed by atoms with Crippen molar-refractivity contribution in [3.05, 3.63) is 169 Å². The Balaban J connectivity index is 1.03. The molecule has 1 aliphatic carbocycles. The van der Waals surface area contributed by atoms with Crippen LogP contribution >= 0.6 is 0 Å². The third-order valence-electron chi connectivity index (χ3n) is 11.2. The van der Waals surface area contributed by atoms with Crippen molar-refractivity contribution in [1.29, 1.82) is 0 Å². The molecule has 4 aromatic carbocycles. The van der Waals surface area contributed by atoms with E-state index in [4.69, 9.17) is 37.9 Å². The summed E-state index contributed by atoms with van der Waals surface area (Å²) in [4.78, 5) is 87.4. The average Bonchev–Trinajstić information content (AvgIpc) is 3.40. The van der Waals surface area contributed by atoms with Crippen LogP contribution in [0.15, 0.2) is 147 Å². The first-order chi connectivity index (χ1) is 35.4. The maximum atomic E-state index is 13.4. The van der Waals surface area contributed by atoms with E-state index in [9.17, 15) is 38.7 Å². The average molecular weight is 1000 g/mol. The smallest absolute Gasteiger partial charge is 0.356 e. The van der Waals surface area contributed by atoms with Gasteiger partial charge < -0.3 is 43.0 Å². The highest BCUT2D eigenvalue weighted by Gasteiger charge is 2.50. The Labute approximate surface area is 424 Å². The molecule has 1 aliphatic rings. The minimum Gasteiger partial charge on any atom is -0.494 e. The van der Waals surface area contributed by atoms with Crippen LogP contribution in [0.5, 0.6) is 23.0 Å². The third-order valence-corrected chi connectivity index (χ3v) is 11.2. The Kier molecular flexibility index (Phi) is 22.7. The second-order valence-corrected chi connectivity index (χ2v) is 16.6. The summed E-state index contributed by atoms with van der Waals surface area (Å²) in [6, 6.07) is 23.7. The summed E-state index contributed by atoms with van der Waals surface area (Å²) in [7, 11) is 0. The lowest BCUT2D eigenvalue weighted by atomic mass is 9.91. The van der Waals surface area contributed by atoms with Crippen molar-refractivity contribution >= 4 is 41.8 Å². The molecule has 16 heteroatoms. The molecule has 0 aliphatic heterocycles. The molecule has 16 nitrogen and oxygen atoms in total. The largest absolute Gasteiger partial charge is 0.494 e. The minimum atomic E-state index is -2.45. The van der Waals surface area contributed by atoms with Crippen molar-refractivity contribution in [3.8, 4) is 23.0 Å². The molecule has 5 rings (SSSR count). The van der Waals surface area contributed by atoms with E-state index < -0.39 is 53.5 Å². The molecular weight excluding hydrogens is 941 g/mol. The van der Waals surface area contributed by atoms with Crippen molar-refractivity contribution in [1.82, 2.24) is 0 Å². The van der Waals surface area contributed by atoms with Crippen LogP contribution in [0.3, 0.4) is 0 Å². The number of allylic oxidation sites excluding steroid dienone is 2. The van der Waals surface area contributed by atoms with Crippen molar-refractivity contribution in [3.63, 3.8) is 0 Å². The van der Waals surface area contributed by atoms with Gasteiger partial charge in [0.15, 0.2) is 6.10 Å². The molecule has 0 bridgehead atoms. The molecule has 0 saturated carbocycles. The van der Waals surface area contributed by atoms with Crippen molar-refractivity contribution in [2.45, 2.75) is 88.8 Å². The van der Waals surface area contributed by atoms with Crippen molar-refractivity contribution in [2.24, 2.45) is 0 Å². The number of benzene rings is 4. The molecule has 0 radical (unpaired) electrons. The molecule has 0 amide bonds. The van der Waals surface area contributed by atoms with Crippen LogP contribution < -0.4 is 18.9 Å². The van der Waals surface area contributed by atoms with Gasteiger partial charge in [0, 0.05) is 12.2 Å². The number of esters is 6. The normalized spacial score (nSPS) is 14.4. The van der Waals surface area contributed by atoms with E-state index in [0.29, 0.717) is 37.9 Å². The maximum absolute atomic E-state index is 13.4. The second-order valence-electron chi connectivity index (χ2n) is 16.6. The van der Waals surface area contributed by atoms with Crippen LogP contribution in [-0.4, -0.2) is 85.0 Å². The standard InChI is InChI=1S/C57H60O16/c1-3-50(58)68-39-17-11-7-5-9-15-37-66-45-28-20-41(21-29-45)52(60)70-47-32-24-43(25-33-47)54(62)72-49-19-13-14-36-57(49,56(64)65)73-55(63)44-26-34-48(35-27-44)71-53(61)42-22-30-46(31-23-42)67-38-16-10-6-8-12-18-40-69-51(59)4-2/h3-4,13-14,19-36,49H,1-2,5-12,15-18,37-40H2,(H,64,65). The molecule has 0 aromatic heterocycles. The Bertz CT molecular complexity index is 2540. The van der Waals surface area contributed by atoms with E-state index in [-0.39, 0.29) is 33.8 Å². The summed E-state index contributed by atoms with van der Waals surface area (Å²) >= 11 is 0. The van der Waals surface area contributed by atoms with Crippen LogP contribution in [0.2, 0.25) is 0 Å². The van der Waals surface area contributed by atoms with Gasteiger partial charge in [0.2, 0.25) is 0 Å². The van der Waals surface area contributed by atoms with Gasteiger partial charge in [-0.15, -0.1) is 0 Å². The van der Waals surface area contributed by atoms with Crippen LogP contribution in [0.4, 0.5) is 0 Å². The van der Waals surface area contributed by atoms with Crippen molar-refractivity contribution < 1.29 is 76.6 Å². The Hall–Kier alpha value is -8.27. The fourth-order valence-electron chi connectivity index (χ4n) is 7.14. The lowest BCUT2D eigenvalue weighted by Crippen LogP contribution is -2.53. The first-order valence-corrected chi connectivity index (χ1v) is 24.1. The highest BCUT2D eigenvalue weighted by atomic mass is 16.6. The molecule has 2 unspecified atom stereocenters. The zero-order valence-corrected chi connectivity index (χ0v) is 40.6. The van der Waals surface area contributed by atoms with Crippen LogP contribution in [0, 0.1) is 0 Å². The predicted octanol–water partition coefficient (Wildman–Crippen LogP) is 10.4. The molecule has 384 valence electrons. The van der Waals surface area contributed by atoms with Crippen LogP contribution in [-0.2, 0) is 33.3 Å². The van der Waals surface area contributed by atoms with Crippen molar-refractivity contribution in [2.75, 3.05) is 26.4 Å². The van der Waals surface area contributed by atoms with Gasteiger partial charge in [-0.1, -0.05) is 76.7 Å². The van der Waals surface area contributed by atoms with Gasteiger partial charge >= 0.3 is 41.8 Å². The van der Waals surface area contributed by atoms with Crippen LogP contribution in [0.25, 0.3) is 0 Å². The molecule has 0 fully saturated rings. The highest BCUT2D eigenvalue weighted by molar-refractivity contribution is 5.96. The van der Waals surface area contributed by atoms with E-state index in [1.54, 1.807) is 48.5 Å². The van der Waals surface area contributed by atoms with E-state index in [1.807, 2.05) is 0 Å². The van der Waals surface area contributed by atoms with Gasteiger partial charge in [-0.25, -0.2) is 33.6 Å². The molecule has 1 N–H and O–H groups in total. The zero-order chi connectivity index (χ0) is 52.3. The molecule has 4 aromatic rings. The number of ether oxygens (including phenoxy) is 8. The summed E-state index contributed by atoms with van der Waals surface area (Å²) in [5.74, 6) is -4.30. The maximum Gasteiger partial charge on any atom is 0.356 e. The molecule has 2 atom stereocenters. The van der Waals surface area contributed by atoms with Gasteiger partial charge in [-0.3, -0.25) is 0 Å². The Morgan fingerprint density at radius 1 is 0.452 bits per heavy atom. The van der Waals surface area contributed by atoms with E-state index in [2.05, 4.69) is 13.2 Å². The molecular formula is C57H60O16. The fraction of sp³-hybridized carbons (Fsp3) is 0.316. The number of carbonyl (C=O) groups excluding carboxylic acids is 6. The fourth-order valence-corrected chi connectivity index (χ4v) is 7.14. The van der Waals surface area contributed by atoms with E-state index in [1.165, 1.54) is 66.8 Å². The topological polar surface area (TPSA) is 214 Å². The number of carboxylic acids is 1. The van der Waals surface area contributed by atoms with E-state index >= 15 is 0 Å². The number of unbranched alkanes of at least 4 members (excludes halogenated alkanes) is 10. The predicted molar refractivity (Wildman–Crippen MR) is 268 cm³/mol. The summed E-state index contributed by atoms with van der Waals surface area (Å²) in [5, 5.41) is 10.4. The van der Waals surface area contributed by atoms with Crippen LogP contribution in [0.1, 0.15) is 118 Å². The molecule has 0 spiro atoms. The number of aliphatic carboxylic acids is 1. The molecule has 73 heavy (non-hydrogen) atoms. The summed E-state index contributed by atoms with van der Waals surface area (Å²) in [5.41, 5.74) is -2.00. The quantitative estimate of drug-likeness (QED) is 0.0163. The minimum absolute atomic E-state index is 0.00599. The number of rotatable bonds is 31. The monoisotopic (exact) mass is 1000 g/mol. The number of hydrogen-bond acceptors (Lipinski definition) is 15. The summed E-state index contributed by atoms with van der Waals surface area (Å²) in [6.07, 6.45) is 17.3. The summed E-state index contributed by atoms with van der Waals surface area (Å²) < 4.78 is 43.6. The SMILES string of the molecule is C=CC(=O)OCCCCCCCCOc1ccc(C(=O)Oc2ccc(C(=O)OC3C=CC=CC3(OC(=O)c3ccc(OC(=O)c4ccc(OCCCCCCCCOC(=O)C=C)cc4)cc3)C(=O)O)cc2)cc1. The molecule has 0 saturated heterocycles. The number of carbonyl (C=O) groups is 7. The third kappa shape index (κ3) is 18.4.